The van der Waals surface area contributed by atoms with E-state index in [1.165, 1.54) is 11.3 Å². The third-order valence-electron chi connectivity index (χ3n) is 4.63. The minimum atomic E-state index is -0.237. The van der Waals surface area contributed by atoms with Crippen molar-refractivity contribution < 1.29 is 23.7 Å². The first-order valence-corrected chi connectivity index (χ1v) is 10.6. The molecule has 1 aliphatic rings. The quantitative estimate of drug-likeness (QED) is 0.581. The van der Waals surface area contributed by atoms with Crippen molar-refractivity contribution in [1.29, 1.82) is 0 Å². The molecule has 29 heavy (non-hydrogen) atoms. The largest absolute Gasteiger partial charge is 0.497 e. The van der Waals surface area contributed by atoms with Gasteiger partial charge in [0.15, 0.2) is 16.6 Å². The third-order valence-corrected chi connectivity index (χ3v) is 6.86. The van der Waals surface area contributed by atoms with Crippen molar-refractivity contribution in [3.63, 3.8) is 0 Å². The molecule has 0 saturated carbocycles. The molecule has 3 aromatic rings. The number of rotatable bonds is 6. The van der Waals surface area contributed by atoms with E-state index in [0.717, 1.165) is 21.5 Å². The number of anilines is 1. The lowest BCUT2D eigenvalue weighted by Crippen LogP contribution is -2.27. The number of thiazole rings is 1. The van der Waals surface area contributed by atoms with Gasteiger partial charge >= 0.3 is 0 Å². The summed E-state index contributed by atoms with van der Waals surface area (Å²) in [5.41, 5.74) is 1.71. The first kappa shape index (κ1) is 19.7. The molecule has 1 saturated heterocycles. The Bertz CT molecular complexity index is 1040. The van der Waals surface area contributed by atoms with Crippen molar-refractivity contribution in [2.75, 3.05) is 39.1 Å². The minimum Gasteiger partial charge on any atom is -0.497 e. The number of carbonyl (C=O) groups excluding carboxylic acids is 1. The van der Waals surface area contributed by atoms with Gasteiger partial charge < -0.3 is 18.9 Å². The SMILES string of the molecule is COc1ccc2nc(N3C(=O)CS[C@@H]3c3cc(OC)c(OC)c(OC)c3)sc2c1. The van der Waals surface area contributed by atoms with Crippen LogP contribution in [0.25, 0.3) is 10.2 Å². The number of hydrogen-bond acceptors (Lipinski definition) is 8. The zero-order valence-corrected chi connectivity index (χ0v) is 18.1. The molecular formula is C20H20N2O5S2. The fourth-order valence-electron chi connectivity index (χ4n) is 3.24. The molecule has 1 amide bonds. The molecule has 1 aromatic heterocycles. The van der Waals surface area contributed by atoms with Crippen LogP contribution in [-0.2, 0) is 4.79 Å². The monoisotopic (exact) mass is 432 g/mol. The lowest BCUT2D eigenvalue weighted by molar-refractivity contribution is -0.115. The maximum absolute atomic E-state index is 12.8. The number of fused-ring (bicyclic) bond motifs is 1. The van der Waals surface area contributed by atoms with Gasteiger partial charge in [-0.05, 0) is 35.9 Å². The number of carbonyl (C=O) groups is 1. The number of hydrogen-bond donors (Lipinski definition) is 0. The molecule has 9 heteroatoms. The minimum absolute atomic E-state index is 0.0137. The lowest BCUT2D eigenvalue weighted by atomic mass is 10.1. The molecule has 0 bridgehead atoms. The van der Waals surface area contributed by atoms with Crippen LogP contribution < -0.4 is 23.8 Å². The second-order valence-corrected chi connectivity index (χ2v) is 8.29. The number of methoxy groups -OCH3 is 4. The molecule has 2 heterocycles. The van der Waals surface area contributed by atoms with E-state index in [9.17, 15) is 4.79 Å². The third kappa shape index (κ3) is 3.44. The summed E-state index contributed by atoms with van der Waals surface area (Å²) in [6, 6.07) is 9.44. The van der Waals surface area contributed by atoms with Gasteiger partial charge in [0.25, 0.3) is 0 Å². The molecule has 1 atom stereocenters. The molecule has 0 N–H and O–H groups in total. The Kier molecular flexibility index (Phi) is 5.42. The van der Waals surface area contributed by atoms with Crippen molar-refractivity contribution in [3.05, 3.63) is 35.9 Å². The Balaban J connectivity index is 1.77. The highest BCUT2D eigenvalue weighted by atomic mass is 32.2. The summed E-state index contributed by atoms with van der Waals surface area (Å²) < 4.78 is 22.6. The lowest BCUT2D eigenvalue weighted by Gasteiger charge is -2.23. The van der Waals surface area contributed by atoms with Gasteiger partial charge in [0.05, 0.1) is 44.4 Å². The smallest absolute Gasteiger partial charge is 0.240 e. The van der Waals surface area contributed by atoms with Crippen LogP contribution in [-0.4, -0.2) is 45.1 Å². The first-order valence-electron chi connectivity index (χ1n) is 8.77. The number of benzene rings is 2. The van der Waals surface area contributed by atoms with Crippen LogP contribution in [0.4, 0.5) is 5.13 Å². The predicted molar refractivity (Wildman–Crippen MR) is 115 cm³/mol. The Morgan fingerprint density at radius 2 is 1.72 bits per heavy atom. The van der Waals surface area contributed by atoms with E-state index >= 15 is 0 Å². The summed E-state index contributed by atoms with van der Waals surface area (Å²) >= 11 is 3.01. The van der Waals surface area contributed by atoms with Crippen molar-refractivity contribution in [1.82, 2.24) is 4.98 Å². The summed E-state index contributed by atoms with van der Waals surface area (Å²) in [6.45, 7) is 0. The van der Waals surface area contributed by atoms with Gasteiger partial charge in [0.1, 0.15) is 11.1 Å². The van der Waals surface area contributed by atoms with E-state index < -0.39 is 0 Å². The Labute approximate surface area is 176 Å². The van der Waals surface area contributed by atoms with Crippen LogP contribution in [0.3, 0.4) is 0 Å². The Morgan fingerprint density at radius 1 is 1.00 bits per heavy atom. The zero-order valence-electron chi connectivity index (χ0n) is 16.4. The number of nitrogens with zero attached hydrogens (tertiary/aromatic N) is 2. The Morgan fingerprint density at radius 3 is 2.34 bits per heavy atom. The van der Waals surface area contributed by atoms with Gasteiger partial charge in [-0.1, -0.05) is 11.3 Å². The number of aromatic nitrogens is 1. The highest BCUT2D eigenvalue weighted by molar-refractivity contribution is 8.00. The second kappa shape index (κ2) is 8.00. The summed E-state index contributed by atoms with van der Waals surface area (Å²) in [5.74, 6) is 2.77. The standard InChI is InChI=1S/C20H20N2O5S2/c1-24-12-5-6-13-16(9-12)29-20(21-13)22-17(23)10-28-19(22)11-7-14(25-2)18(27-4)15(8-11)26-3/h5-9,19H,10H2,1-4H3/t19-/m1/s1. The van der Waals surface area contributed by atoms with Crippen molar-refractivity contribution in [3.8, 4) is 23.0 Å². The molecule has 4 rings (SSSR count). The normalized spacial score (nSPS) is 16.3. The van der Waals surface area contributed by atoms with Gasteiger partial charge in [-0.2, -0.15) is 0 Å². The van der Waals surface area contributed by atoms with Crippen LogP contribution in [0, 0.1) is 0 Å². The van der Waals surface area contributed by atoms with E-state index in [0.29, 0.717) is 28.1 Å². The fraction of sp³-hybridized carbons (Fsp3) is 0.300. The highest BCUT2D eigenvalue weighted by Crippen LogP contribution is 2.48. The van der Waals surface area contributed by atoms with Gasteiger partial charge in [0.2, 0.25) is 11.7 Å². The molecule has 0 unspecified atom stereocenters. The zero-order chi connectivity index (χ0) is 20.5. The van der Waals surface area contributed by atoms with E-state index in [2.05, 4.69) is 4.98 Å². The van der Waals surface area contributed by atoms with E-state index in [4.69, 9.17) is 18.9 Å². The molecule has 0 spiro atoms. The van der Waals surface area contributed by atoms with Gasteiger partial charge in [-0.25, -0.2) is 4.98 Å². The summed E-state index contributed by atoms with van der Waals surface area (Å²) in [6.07, 6.45) is 0. The second-order valence-electron chi connectivity index (χ2n) is 6.22. The molecule has 1 fully saturated rings. The first-order chi connectivity index (χ1) is 14.1. The van der Waals surface area contributed by atoms with E-state index in [1.54, 1.807) is 45.1 Å². The van der Waals surface area contributed by atoms with Crippen molar-refractivity contribution in [2.24, 2.45) is 0 Å². The maximum Gasteiger partial charge on any atom is 0.240 e. The van der Waals surface area contributed by atoms with Crippen LogP contribution in [0.5, 0.6) is 23.0 Å². The van der Waals surface area contributed by atoms with Crippen LogP contribution in [0.1, 0.15) is 10.9 Å². The topological polar surface area (TPSA) is 70.1 Å². The molecule has 7 nitrogen and oxygen atoms in total. The summed E-state index contributed by atoms with van der Waals surface area (Å²) in [5, 5.41) is 0.417. The van der Waals surface area contributed by atoms with Gasteiger partial charge in [-0.3, -0.25) is 9.69 Å². The van der Waals surface area contributed by atoms with Gasteiger partial charge in [0, 0.05) is 0 Å². The average Bonchev–Trinajstić information content (AvgIpc) is 3.34. The highest BCUT2D eigenvalue weighted by Gasteiger charge is 2.37. The van der Waals surface area contributed by atoms with E-state index in [-0.39, 0.29) is 11.3 Å². The van der Waals surface area contributed by atoms with Crippen LogP contribution in [0.2, 0.25) is 0 Å². The summed E-state index contributed by atoms with van der Waals surface area (Å²) in [7, 11) is 6.35. The van der Waals surface area contributed by atoms with Gasteiger partial charge in [-0.15, -0.1) is 11.8 Å². The van der Waals surface area contributed by atoms with E-state index in [1.807, 2.05) is 30.3 Å². The number of thioether (sulfide) groups is 1. The molecule has 2 aromatic carbocycles. The maximum atomic E-state index is 12.8. The van der Waals surface area contributed by atoms with Crippen molar-refractivity contribution in [2.45, 2.75) is 5.37 Å². The molecule has 0 aliphatic carbocycles. The average molecular weight is 433 g/mol. The number of ether oxygens (including phenoxy) is 4. The van der Waals surface area contributed by atoms with Crippen LogP contribution >= 0.6 is 23.1 Å². The predicted octanol–water partition coefficient (Wildman–Crippen LogP) is 4.11. The molecular weight excluding hydrogens is 412 g/mol. The summed E-state index contributed by atoms with van der Waals surface area (Å²) in [4.78, 5) is 19.2. The van der Waals surface area contributed by atoms with Crippen molar-refractivity contribution >= 4 is 44.4 Å². The van der Waals surface area contributed by atoms with Crippen LogP contribution in [0.15, 0.2) is 30.3 Å². The molecule has 0 radical (unpaired) electrons. The molecule has 152 valence electrons. The fourth-order valence-corrected chi connectivity index (χ4v) is 5.48. The molecule has 1 aliphatic heterocycles. The Hall–Kier alpha value is -2.65. The number of amides is 1.